The molecule has 2 aromatic rings. The van der Waals surface area contributed by atoms with Gasteiger partial charge in [0, 0.05) is 26.3 Å². The molecule has 1 aliphatic heterocycles. The molecule has 0 aromatic carbocycles. The molecule has 12 heteroatoms. The van der Waals surface area contributed by atoms with Crippen LogP contribution in [0.1, 0.15) is 39.0 Å². The highest BCUT2D eigenvalue weighted by molar-refractivity contribution is 5.88. The molecule has 182 valence electrons. The monoisotopic (exact) mass is 470 g/mol. The van der Waals surface area contributed by atoms with Crippen molar-refractivity contribution in [2.75, 3.05) is 42.3 Å². The maximum Gasteiger partial charge on any atom is 0.413 e. The third-order valence-corrected chi connectivity index (χ3v) is 5.90. The van der Waals surface area contributed by atoms with Crippen LogP contribution >= 0.6 is 0 Å². The second kappa shape index (κ2) is 10.9. The van der Waals surface area contributed by atoms with Crippen LogP contribution in [0.2, 0.25) is 0 Å². The molecule has 1 aliphatic carbocycles. The van der Waals surface area contributed by atoms with Crippen LogP contribution in [0.15, 0.2) is 24.7 Å². The summed E-state index contributed by atoms with van der Waals surface area (Å²) in [6, 6.07) is 1.30. The number of carbonyl (C=O) groups excluding carboxylic acids is 2. The number of anilines is 3. The van der Waals surface area contributed by atoms with E-state index >= 15 is 0 Å². The Hall–Kier alpha value is -3.70. The highest BCUT2D eigenvalue weighted by atomic mass is 16.6. The molecule has 1 unspecified atom stereocenters. The number of hydrogen-bond acceptors (Lipinski definition) is 9. The number of aromatic nitrogens is 4. The fourth-order valence-corrected chi connectivity index (χ4v) is 3.76. The van der Waals surface area contributed by atoms with Crippen LogP contribution in [0.25, 0.3) is 0 Å². The summed E-state index contributed by atoms with van der Waals surface area (Å²) in [7, 11) is 1.75. The second-order valence-electron chi connectivity index (χ2n) is 8.28. The van der Waals surface area contributed by atoms with Crippen LogP contribution in [0.4, 0.5) is 27.2 Å². The number of likely N-dealkylation sites (N-methyl/N-ethyl adjacent to an activating group) is 1. The Morgan fingerprint density at radius 1 is 1.12 bits per heavy atom. The number of urea groups is 1. The Bertz CT molecular complexity index is 985. The van der Waals surface area contributed by atoms with Crippen molar-refractivity contribution in [3.8, 4) is 5.88 Å². The number of rotatable bonds is 7. The maximum atomic E-state index is 12.8. The van der Waals surface area contributed by atoms with Gasteiger partial charge in [-0.1, -0.05) is 0 Å². The van der Waals surface area contributed by atoms with Crippen LogP contribution in [0, 0.1) is 0 Å². The molecule has 1 saturated heterocycles. The molecule has 2 aliphatic rings. The zero-order valence-corrected chi connectivity index (χ0v) is 19.4. The first kappa shape index (κ1) is 23.5. The fourth-order valence-electron chi connectivity index (χ4n) is 3.76. The fraction of sp³-hybridized carbons (Fsp3) is 0.545. The van der Waals surface area contributed by atoms with Crippen molar-refractivity contribution in [3.63, 3.8) is 0 Å². The average Bonchev–Trinajstić information content (AvgIpc) is 2.82. The molecule has 0 radical (unpaired) electrons. The van der Waals surface area contributed by atoms with Gasteiger partial charge in [-0.3, -0.25) is 10.6 Å². The Labute approximate surface area is 198 Å². The highest BCUT2D eigenvalue weighted by Gasteiger charge is 2.28. The Kier molecular flexibility index (Phi) is 7.55. The van der Waals surface area contributed by atoms with Gasteiger partial charge in [-0.15, -0.1) is 0 Å². The van der Waals surface area contributed by atoms with E-state index < -0.39 is 6.09 Å². The van der Waals surface area contributed by atoms with Gasteiger partial charge in [0.15, 0.2) is 5.82 Å². The molecule has 1 saturated carbocycles. The first-order valence-electron chi connectivity index (χ1n) is 11.6. The predicted octanol–water partition coefficient (Wildman–Crippen LogP) is 2.90. The molecule has 3 heterocycles. The van der Waals surface area contributed by atoms with E-state index in [1.165, 1.54) is 12.4 Å². The second-order valence-corrected chi connectivity index (χ2v) is 8.28. The number of carbonyl (C=O) groups is 2. The van der Waals surface area contributed by atoms with E-state index in [2.05, 4.69) is 30.6 Å². The molecule has 4 rings (SSSR count). The Morgan fingerprint density at radius 2 is 1.97 bits per heavy atom. The lowest BCUT2D eigenvalue weighted by Gasteiger charge is -2.37. The van der Waals surface area contributed by atoms with Gasteiger partial charge in [0.05, 0.1) is 25.0 Å². The van der Waals surface area contributed by atoms with Crippen molar-refractivity contribution in [2.45, 2.75) is 51.2 Å². The summed E-state index contributed by atoms with van der Waals surface area (Å²) in [5, 5.41) is 5.44. The standard InChI is InChI=1S/C22H30N8O4/c1-3-33-19-13-24-18(12-25-19)27-21(31)29(2)15-6-5-11-30(14-15)20-23-10-9-17(26-20)28-22(32)34-16-7-4-8-16/h9-10,12-13,15-16H,3-8,11,14H2,1-2H3,(H,24,27,31)(H,23,26,28,32). The summed E-state index contributed by atoms with van der Waals surface area (Å²) in [6.45, 7) is 3.68. The van der Waals surface area contributed by atoms with Crippen molar-refractivity contribution in [1.29, 1.82) is 0 Å². The molecule has 2 fully saturated rings. The Morgan fingerprint density at radius 3 is 2.68 bits per heavy atom. The van der Waals surface area contributed by atoms with Gasteiger partial charge in [0.1, 0.15) is 11.9 Å². The van der Waals surface area contributed by atoms with Gasteiger partial charge >= 0.3 is 12.1 Å². The number of nitrogens with zero attached hydrogens (tertiary/aromatic N) is 6. The molecular formula is C22H30N8O4. The van der Waals surface area contributed by atoms with E-state index in [0.717, 1.165) is 38.6 Å². The average molecular weight is 471 g/mol. The van der Waals surface area contributed by atoms with E-state index in [1.807, 2.05) is 11.8 Å². The molecule has 0 bridgehead atoms. The topological polar surface area (TPSA) is 135 Å². The molecule has 2 aromatic heterocycles. The van der Waals surface area contributed by atoms with Crippen LogP contribution in [-0.4, -0.2) is 75.9 Å². The Balaban J connectivity index is 1.33. The number of nitrogens with one attached hydrogen (secondary N) is 2. The lowest BCUT2D eigenvalue weighted by Crippen LogP contribution is -2.50. The summed E-state index contributed by atoms with van der Waals surface area (Å²) in [5.74, 6) is 1.64. The van der Waals surface area contributed by atoms with Crippen molar-refractivity contribution in [3.05, 3.63) is 24.7 Å². The van der Waals surface area contributed by atoms with Crippen molar-refractivity contribution in [2.24, 2.45) is 0 Å². The number of ether oxygens (including phenoxy) is 2. The van der Waals surface area contributed by atoms with E-state index in [1.54, 1.807) is 24.2 Å². The van der Waals surface area contributed by atoms with E-state index in [0.29, 0.717) is 36.6 Å². The molecule has 12 nitrogen and oxygen atoms in total. The minimum absolute atomic E-state index is 0.000522. The minimum Gasteiger partial charge on any atom is -0.477 e. The van der Waals surface area contributed by atoms with E-state index in [4.69, 9.17) is 9.47 Å². The quantitative estimate of drug-likeness (QED) is 0.626. The summed E-state index contributed by atoms with van der Waals surface area (Å²) in [6.07, 6.45) is 8.66. The van der Waals surface area contributed by atoms with Crippen molar-refractivity contribution < 1.29 is 19.1 Å². The van der Waals surface area contributed by atoms with E-state index in [-0.39, 0.29) is 18.2 Å². The van der Waals surface area contributed by atoms with Crippen molar-refractivity contribution in [1.82, 2.24) is 24.8 Å². The van der Waals surface area contributed by atoms with Crippen LogP contribution in [-0.2, 0) is 4.74 Å². The molecule has 34 heavy (non-hydrogen) atoms. The summed E-state index contributed by atoms with van der Waals surface area (Å²) in [4.78, 5) is 45.6. The van der Waals surface area contributed by atoms with Crippen LogP contribution in [0.5, 0.6) is 5.88 Å². The van der Waals surface area contributed by atoms with Crippen molar-refractivity contribution >= 4 is 29.7 Å². The number of hydrogen-bond donors (Lipinski definition) is 2. The SMILES string of the molecule is CCOc1cnc(NC(=O)N(C)C2CCCN(c3nccc(NC(=O)OC4CCC4)n3)C2)cn1. The highest BCUT2D eigenvalue weighted by Crippen LogP contribution is 2.23. The van der Waals surface area contributed by atoms with Crippen LogP contribution in [0.3, 0.4) is 0 Å². The molecule has 3 amide bonds. The van der Waals surface area contributed by atoms with E-state index in [9.17, 15) is 9.59 Å². The first-order valence-corrected chi connectivity index (χ1v) is 11.6. The van der Waals surface area contributed by atoms with Gasteiger partial charge < -0.3 is 19.3 Å². The maximum absolute atomic E-state index is 12.8. The third kappa shape index (κ3) is 6.00. The molecule has 1 atom stereocenters. The molecule has 2 N–H and O–H groups in total. The number of piperidine rings is 1. The van der Waals surface area contributed by atoms with Gasteiger partial charge in [0.2, 0.25) is 11.8 Å². The zero-order valence-electron chi connectivity index (χ0n) is 19.4. The summed E-state index contributed by atoms with van der Waals surface area (Å²) in [5.41, 5.74) is 0. The zero-order chi connectivity index (χ0) is 23.9. The van der Waals surface area contributed by atoms with Crippen LogP contribution < -0.4 is 20.3 Å². The smallest absolute Gasteiger partial charge is 0.413 e. The summed E-state index contributed by atoms with van der Waals surface area (Å²) < 4.78 is 10.6. The molecule has 0 spiro atoms. The first-order chi connectivity index (χ1) is 16.5. The largest absolute Gasteiger partial charge is 0.477 e. The predicted molar refractivity (Wildman–Crippen MR) is 125 cm³/mol. The lowest BCUT2D eigenvalue weighted by molar-refractivity contribution is 0.0623. The molecular weight excluding hydrogens is 440 g/mol. The lowest BCUT2D eigenvalue weighted by atomic mass is 9.96. The third-order valence-electron chi connectivity index (χ3n) is 5.90. The summed E-state index contributed by atoms with van der Waals surface area (Å²) >= 11 is 0. The van der Waals surface area contributed by atoms with Gasteiger partial charge in [-0.05, 0) is 45.1 Å². The normalized spacial score (nSPS) is 17.9. The van der Waals surface area contributed by atoms with Gasteiger partial charge in [-0.2, -0.15) is 4.98 Å². The minimum atomic E-state index is -0.500. The van der Waals surface area contributed by atoms with Gasteiger partial charge in [-0.25, -0.2) is 24.5 Å². The number of amides is 3. The van der Waals surface area contributed by atoms with Gasteiger partial charge in [0.25, 0.3) is 0 Å².